The van der Waals surface area contributed by atoms with E-state index >= 15 is 0 Å². The number of carboxylic acid groups (broad SMARTS) is 1. The van der Waals surface area contributed by atoms with Crippen LogP contribution in [0.5, 0.6) is 0 Å². The molecule has 0 radical (unpaired) electrons. The molecule has 1 fully saturated rings. The van der Waals surface area contributed by atoms with Crippen LogP contribution in [0.1, 0.15) is 31.7 Å². The van der Waals surface area contributed by atoms with E-state index in [0.717, 1.165) is 12.8 Å². The molecule has 1 saturated carbocycles. The van der Waals surface area contributed by atoms with Crippen molar-refractivity contribution in [2.75, 3.05) is 6.54 Å². The average molecular weight is 313 g/mol. The second kappa shape index (κ2) is 6.19. The van der Waals surface area contributed by atoms with Crippen LogP contribution in [0, 0.1) is 17.8 Å². The minimum Gasteiger partial charge on any atom is -0.481 e. The first-order valence-electron chi connectivity index (χ1n) is 8.25. The number of hydrogen-bond donors (Lipinski definition) is 2. The molecule has 0 aliphatic heterocycles. The quantitative estimate of drug-likeness (QED) is 0.821. The first kappa shape index (κ1) is 15.8. The fraction of sp³-hybridized carbons (Fsp3) is 0.474. The van der Waals surface area contributed by atoms with E-state index in [9.17, 15) is 14.7 Å². The molecule has 1 unspecified atom stereocenters. The molecule has 4 nitrogen and oxygen atoms in total. The molecule has 2 N–H and O–H groups in total. The van der Waals surface area contributed by atoms with Gasteiger partial charge in [-0.3, -0.25) is 9.59 Å². The van der Waals surface area contributed by atoms with Gasteiger partial charge in [-0.2, -0.15) is 0 Å². The third kappa shape index (κ3) is 3.03. The van der Waals surface area contributed by atoms with Crippen LogP contribution in [0.3, 0.4) is 0 Å². The molecule has 1 aromatic rings. The number of carbonyl (C=O) groups is 2. The molecular weight excluding hydrogens is 290 g/mol. The largest absolute Gasteiger partial charge is 0.481 e. The third-order valence-corrected chi connectivity index (χ3v) is 5.41. The molecule has 0 aromatic heterocycles. The number of carboxylic acids is 1. The number of nitrogens with one attached hydrogen (secondary N) is 1. The number of aliphatic carboxylic acids is 1. The monoisotopic (exact) mass is 313 g/mol. The minimum absolute atomic E-state index is 0.00688. The molecule has 23 heavy (non-hydrogen) atoms. The van der Waals surface area contributed by atoms with Crippen LogP contribution < -0.4 is 5.32 Å². The maximum Gasteiger partial charge on any atom is 0.315 e. The first-order valence-corrected chi connectivity index (χ1v) is 8.25. The van der Waals surface area contributed by atoms with E-state index in [1.165, 1.54) is 6.42 Å². The van der Waals surface area contributed by atoms with Gasteiger partial charge in [0.05, 0.1) is 0 Å². The Labute approximate surface area is 136 Å². The average Bonchev–Trinajstić information content (AvgIpc) is 2.61. The van der Waals surface area contributed by atoms with Crippen molar-refractivity contribution in [2.45, 2.75) is 31.6 Å². The molecule has 3 aliphatic rings. The Hall–Kier alpha value is -2.10. The molecule has 0 heterocycles. The lowest BCUT2D eigenvalue weighted by Gasteiger charge is -2.37. The van der Waals surface area contributed by atoms with Gasteiger partial charge >= 0.3 is 5.97 Å². The molecule has 122 valence electrons. The zero-order valence-electron chi connectivity index (χ0n) is 13.4. The van der Waals surface area contributed by atoms with Crippen LogP contribution in [-0.4, -0.2) is 23.5 Å². The third-order valence-electron chi connectivity index (χ3n) is 5.41. The van der Waals surface area contributed by atoms with Crippen molar-refractivity contribution < 1.29 is 14.7 Å². The van der Waals surface area contributed by atoms with Crippen LogP contribution in [0.15, 0.2) is 42.5 Å². The highest BCUT2D eigenvalue weighted by Crippen LogP contribution is 2.40. The van der Waals surface area contributed by atoms with Crippen molar-refractivity contribution in [2.24, 2.45) is 17.8 Å². The molecule has 0 saturated heterocycles. The van der Waals surface area contributed by atoms with E-state index in [4.69, 9.17) is 0 Å². The van der Waals surface area contributed by atoms with Crippen molar-refractivity contribution in [3.05, 3.63) is 48.0 Å². The van der Waals surface area contributed by atoms with Gasteiger partial charge in [-0.05, 0) is 43.6 Å². The highest BCUT2D eigenvalue weighted by atomic mass is 16.4. The van der Waals surface area contributed by atoms with Gasteiger partial charge in [0, 0.05) is 12.5 Å². The Morgan fingerprint density at radius 1 is 1.22 bits per heavy atom. The van der Waals surface area contributed by atoms with E-state index in [-0.39, 0.29) is 18.4 Å². The predicted octanol–water partition coefficient (Wildman–Crippen LogP) is 2.75. The highest BCUT2D eigenvalue weighted by Gasteiger charge is 2.39. The molecule has 4 rings (SSSR count). The van der Waals surface area contributed by atoms with Crippen LogP contribution in [0.2, 0.25) is 0 Å². The van der Waals surface area contributed by atoms with E-state index < -0.39 is 11.4 Å². The molecular formula is C19H23NO3. The standard InChI is InChI=1S/C19H23NO3/c1-19(18(22)23,15-5-3-2-4-6-15)12-20-17(21)16-11-13-7-9-14(16)10-8-13/h2-7,9,13-14,16H,8,10-12H2,1H3,(H,20,21)(H,22,23)/t13-,14+,16-,19?/m1/s1. The van der Waals surface area contributed by atoms with Crippen molar-refractivity contribution in [3.63, 3.8) is 0 Å². The van der Waals surface area contributed by atoms with Crippen molar-refractivity contribution in [1.29, 1.82) is 0 Å². The van der Waals surface area contributed by atoms with Gasteiger partial charge in [0.25, 0.3) is 0 Å². The molecule has 4 heteroatoms. The van der Waals surface area contributed by atoms with E-state index in [1.54, 1.807) is 19.1 Å². The van der Waals surface area contributed by atoms with Gasteiger partial charge in [-0.1, -0.05) is 42.5 Å². The molecule has 1 aromatic carbocycles. The van der Waals surface area contributed by atoms with Crippen LogP contribution in [0.4, 0.5) is 0 Å². The van der Waals surface area contributed by atoms with E-state index in [0.29, 0.717) is 17.4 Å². The summed E-state index contributed by atoms with van der Waals surface area (Å²) in [4.78, 5) is 24.3. The fourth-order valence-corrected chi connectivity index (χ4v) is 3.74. The SMILES string of the molecule is CC(CNC(=O)[C@@H]1C[C@@H]2C=C[C@H]1CC2)(C(=O)O)c1ccccc1. The lowest BCUT2D eigenvalue weighted by atomic mass is 9.69. The molecule has 3 aliphatic carbocycles. The Balaban J connectivity index is 1.69. The van der Waals surface area contributed by atoms with E-state index in [2.05, 4.69) is 17.5 Å². The number of rotatable bonds is 5. The summed E-state index contributed by atoms with van der Waals surface area (Å²) < 4.78 is 0. The maximum atomic E-state index is 12.6. The number of fused-ring (bicyclic) bond motifs is 2. The normalized spacial score (nSPS) is 28.1. The number of amides is 1. The number of benzene rings is 1. The van der Waals surface area contributed by atoms with Gasteiger partial charge < -0.3 is 10.4 Å². The summed E-state index contributed by atoms with van der Waals surface area (Å²) in [7, 11) is 0. The number of allylic oxidation sites excluding steroid dienone is 2. The van der Waals surface area contributed by atoms with Gasteiger partial charge in [0.15, 0.2) is 0 Å². The highest BCUT2D eigenvalue weighted by molar-refractivity contribution is 5.84. The number of hydrogen-bond acceptors (Lipinski definition) is 2. The molecule has 1 amide bonds. The second-order valence-electron chi connectivity index (χ2n) is 6.95. The van der Waals surface area contributed by atoms with Crippen LogP contribution in [-0.2, 0) is 15.0 Å². The fourth-order valence-electron chi connectivity index (χ4n) is 3.74. The summed E-state index contributed by atoms with van der Waals surface area (Å²) in [6.07, 6.45) is 7.51. The Morgan fingerprint density at radius 3 is 2.48 bits per heavy atom. The van der Waals surface area contributed by atoms with Crippen LogP contribution in [0.25, 0.3) is 0 Å². The van der Waals surface area contributed by atoms with Crippen molar-refractivity contribution in [3.8, 4) is 0 Å². The maximum absolute atomic E-state index is 12.6. The van der Waals surface area contributed by atoms with Gasteiger partial charge in [0.1, 0.15) is 5.41 Å². The Bertz CT molecular complexity index is 625. The first-order chi connectivity index (χ1) is 11.0. The van der Waals surface area contributed by atoms with E-state index in [1.807, 2.05) is 18.2 Å². The Kier molecular flexibility index (Phi) is 4.24. The zero-order chi connectivity index (χ0) is 16.4. The Morgan fingerprint density at radius 2 is 1.96 bits per heavy atom. The summed E-state index contributed by atoms with van der Waals surface area (Å²) in [6, 6.07) is 9.10. The smallest absolute Gasteiger partial charge is 0.315 e. The van der Waals surface area contributed by atoms with Crippen molar-refractivity contribution >= 4 is 11.9 Å². The second-order valence-corrected chi connectivity index (χ2v) is 6.95. The minimum atomic E-state index is -1.11. The van der Waals surface area contributed by atoms with Crippen LogP contribution >= 0.6 is 0 Å². The topological polar surface area (TPSA) is 66.4 Å². The molecule has 2 bridgehead atoms. The molecule has 4 atom stereocenters. The summed E-state index contributed by atoms with van der Waals surface area (Å²) in [6.45, 7) is 1.78. The summed E-state index contributed by atoms with van der Waals surface area (Å²) in [5, 5.41) is 12.6. The number of carbonyl (C=O) groups excluding carboxylic acids is 1. The summed E-state index contributed by atoms with van der Waals surface area (Å²) in [5.74, 6) is -0.113. The van der Waals surface area contributed by atoms with Gasteiger partial charge in [0.2, 0.25) is 5.91 Å². The van der Waals surface area contributed by atoms with Gasteiger partial charge in [-0.15, -0.1) is 0 Å². The van der Waals surface area contributed by atoms with Crippen molar-refractivity contribution in [1.82, 2.24) is 5.32 Å². The lowest BCUT2D eigenvalue weighted by Crippen LogP contribution is -2.48. The van der Waals surface area contributed by atoms with Gasteiger partial charge in [-0.25, -0.2) is 0 Å². The summed E-state index contributed by atoms with van der Waals surface area (Å²) in [5.41, 5.74) is -0.404. The zero-order valence-corrected chi connectivity index (χ0v) is 13.4. The lowest BCUT2D eigenvalue weighted by molar-refractivity contribution is -0.143. The summed E-state index contributed by atoms with van der Waals surface area (Å²) >= 11 is 0. The predicted molar refractivity (Wildman–Crippen MR) is 87.9 cm³/mol. The molecule has 0 spiro atoms.